The van der Waals surface area contributed by atoms with Crippen molar-refractivity contribution in [3.8, 4) is 0 Å². The summed E-state index contributed by atoms with van der Waals surface area (Å²) < 4.78 is 0. The summed E-state index contributed by atoms with van der Waals surface area (Å²) >= 11 is 1.77. The Morgan fingerprint density at radius 3 is 2.58 bits per heavy atom. The number of rotatable bonds is 2. The molecule has 5 heteroatoms. The predicted octanol–water partition coefficient (Wildman–Crippen LogP) is 2.45. The summed E-state index contributed by atoms with van der Waals surface area (Å²) in [5.41, 5.74) is 1.34. The summed E-state index contributed by atoms with van der Waals surface area (Å²) in [6.07, 6.45) is 1.71. The third-order valence-corrected chi connectivity index (χ3v) is 5.18. The second-order valence-electron chi connectivity index (χ2n) is 5.08. The lowest BCUT2D eigenvalue weighted by Gasteiger charge is -2.35. The van der Waals surface area contributed by atoms with Crippen LogP contribution in [-0.2, 0) is 0 Å². The molecule has 2 aromatic rings. The van der Waals surface area contributed by atoms with Crippen molar-refractivity contribution < 1.29 is 0 Å². The van der Waals surface area contributed by atoms with Crippen LogP contribution in [0.2, 0.25) is 0 Å². The lowest BCUT2D eigenvalue weighted by molar-refractivity contribution is 0.271. The second kappa shape index (κ2) is 5.06. The number of hydrogen-bond acceptors (Lipinski definition) is 5. The zero-order valence-electron chi connectivity index (χ0n) is 11.8. The van der Waals surface area contributed by atoms with E-state index in [9.17, 15) is 0 Å². The van der Waals surface area contributed by atoms with Crippen molar-refractivity contribution >= 4 is 27.4 Å². The normalized spacial score (nSPS) is 17.3. The molecular formula is C14H20N4S. The Morgan fingerprint density at radius 2 is 1.89 bits per heavy atom. The average molecular weight is 276 g/mol. The van der Waals surface area contributed by atoms with Gasteiger partial charge in [0.15, 0.2) is 0 Å². The van der Waals surface area contributed by atoms with Crippen LogP contribution < -0.4 is 4.90 Å². The first-order valence-corrected chi connectivity index (χ1v) is 7.70. The maximum absolute atomic E-state index is 4.56. The highest BCUT2D eigenvalue weighted by atomic mass is 32.1. The summed E-state index contributed by atoms with van der Waals surface area (Å²) in [6, 6.07) is 0. The van der Waals surface area contributed by atoms with Gasteiger partial charge in [-0.1, -0.05) is 6.92 Å². The molecule has 0 aromatic carbocycles. The Morgan fingerprint density at radius 1 is 1.16 bits per heavy atom. The summed E-state index contributed by atoms with van der Waals surface area (Å²) in [5.74, 6) is 1.13. The molecule has 0 amide bonds. The largest absolute Gasteiger partial charge is 0.353 e. The Hall–Kier alpha value is -1.20. The molecule has 1 saturated heterocycles. The van der Waals surface area contributed by atoms with Crippen LogP contribution in [0.15, 0.2) is 6.33 Å². The molecular weight excluding hydrogens is 256 g/mol. The molecule has 0 radical (unpaired) electrons. The Labute approximate surface area is 118 Å². The highest BCUT2D eigenvalue weighted by molar-refractivity contribution is 7.18. The van der Waals surface area contributed by atoms with Gasteiger partial charge in [0.25, 0.3) is 0 Å². The summed E-state index contributed by atoms with van der Waals surface area (Å²) in [5, 5.41) is 1.26. The van der Waals surface area contributed by atoms with Crippen LogP contribution in [0, 0.1) is 13.8 Å². The Kier molecular flexibility index (Phi) is 3.41. The minimum Gasteiger partial charge on any atom is -0.353 e. The molecule has 1 fully saturated rings. The first kappa shape index (κ1) is 12.8. The number of fused-ring (bicyclic) bond motifs is 1. The molecule has 0 saturated carbocycles. The number of aromatic nitrogens is 2. The Bertz CT molecular complexity index is 584. The maximum atomic E-state index is 4.56. The standard InChI is InChI=1S/C14H20N4S/c1-4-17-5-7-18(8-6-17)13-12-10(2)11(3)19-14(12)16-9-15-13/h9H,4-8H2,1-3H3. The predicted molar refractivity (Wildman–Crippen MR) is 81.2 cm³/mol. The molecule has 3 heterocycles. The van der Waals surface area contributed by atoms with Gasteiger partial charge in [0.05, 0.1) is 5.39 Å². The molecule has 3 rings (SSSR count). The second-order valence-corrected chi connectivity index (χ2v) is 6.29. The van der Waals surface area contributed by atoms with Crippen LogP contribution in [0.1, 0.15) is 17.4 Å². The van der Waals surface area contributed by atoms with Gasteiger partial charge in [-0.15, -0.1) is 11.3 Å². The molecule has 0 atom stereocenters. The van der Waals surface area contributed by atoms with Gasteiger partial charge < -0.3 is 9.80 Å². The maximum Gasteiger partial charge on any atom is 0.141 e. The molecule has 102 valence electrons. The van der Waals surface area contributed by atoms with E-state index in [1.165, 1.54) is 15.8 Å². The molecule has 4 nitrogen and oxygen atoms in total. The molecule has 0 spiro atoms. The molecule has 1 aliphatic rings. The molecule has 19 heavy (non-hydrogen) atoms. The van der Waals surface area contributed by atoms with E-state index >= 15 is 0 Å². The fourth-order valence-corrected chi connectivity index (χ4v) is 3.67. The van der Waals surface area contributed by atoms with E-state index in [4.69, 9.17) is 0 Å². The van der Waals surface area contributed by atoms with E-state index in [0.29, 0.717) is 0 Å². The fourth-order valence-electron chi connectivity index (χ4n) is 2.68. The van der Waals surface area contributed by atoms with Gasteiger partial charge in [0.2, 0.25) is 0 Å². The topological polar surface area (TPSA) is 32.3 Å². The van der Waals surface area contributed by atoms with Crippen molar-refractivity contribution in [1.82, 2.24) is 14.9 Å². The number of likely N-dealkylation sites (N-methyl/N-ethyl adjacent to an activating group) is 1. The number of aryl methyl sites for hydroxylation is 2. The zero-order valence-corrected chi connectivity index (χ0v) is 12.6. The Balaban J connectivity index is 1.97. The highest BCUT2D eigenvalue weighted by Crippen LogP contribution is 2.34. The average Bonchev–Trinajstić information content (AvgIpc) is 2.74. The summed E-state index contributed by atoms with van der Waals surface area (Å²) in [7, 11) is 0. The van der Waals surface area contributed by atoms with E-state index in [2.05, 4.69) is 40.5 Å². The van der Waals surface area contributed by atoms with E-state index in [1.807, 2.05) is 0 Å². The van der Waals surface area contributed by atoms with Crippen molar-refractivity contribution in [1.29, 1.82) is 0 Å². The first-order chi connectivity index (χ1) is 9.20. The van der Waals surface area contributed by atoms with Crippen molar-refractivity contribution in [2.24, 2.45) is 0 Å². The smallest absolute Gasteiger partial charge is 0.141 e. The molecule has 0 bridgehead atoms. The molecule has 0 aliphatic carbocycles. The van der Waals surface area contributed by atoms with Crippen LogP contribution in [0.3, 0.4) is 0 Å². The number of thiophene rings is 1. The fraction of sp³-hybridized carbons (Fsp3) is 0.571. The van der Waals surface area contributed by atoms with Crippen LogP contribution >= 0.6 is 11.3 Å². The summed E-state index contributed by atoms with van der Waals surface area (Å²) in [6.45, 7) is 12.1. The minimum atomic E-state index is 1.06. The molecule has 1 aliphatic heterocycles. The number of nitrogens with zero attached hydrogens (tertiary/aromatic N) is 4. The number of piperazine rings is 1. The lowest BCUT2D eigenvalue weighted by Crippen LogP contribution is -2.46. The van der Waals surface area contributed by atoms with Crippen molar-refractivity contribution in [2.45, 2.75) is 20.8 Å². The number of hydrogen-bond donors (Lipinski definition) is 0. The van der Waals surface area contributed by atoms with Crippen LogP contribution in [0.25, 0.3) is 10.2 Å². The summed E-state index contributed by atoms with van der Waals surface area (Å²) in [4.78, 5) is 16.4. The highest BCUT2D eigenvalue weighted by Gasteiger charge is 2.21. The van der Waals surface area contributed by atoms with Crippen LogP contribution in [0.5, 0.6) is 0 Å². The van der Waals surface area contributed by atoms with Gasteiger partial charge in [0.1, 0.15) is 17.0 Å². The van der Waals surface area contributed by atoms with Gasteiger partial charge >= 0.3 is 0 Å². The lowest BCUT2D eigenvalue weighted by atomic mass is 10.2. The van der Waals surface area contributed by atoms with Gasteiger partial charge in [-0.3, -0.25) is 0 Å². The van der Waals surface area contributed by atoms with Crippen LogP contribution in [0.4, 0.5) is 5.82 Å². The van der Waals surface area contributed by atoms with Gasteiger partial charge in [-0.05, 0) is 26.0 Å². The monoisotopic (exact) mass is 276 g/mol. The van der Waals surface area contributed by atoms with Gasteiger partial charge in [-0.2, -0.15) is 0 Å². The van der Waals surface area contributed by atoms with E-state index < -0.39 is 0 Å². The third kappa shape index (κ3) is 2.21. The van der Waals surface area contributed by atoms with Crippen molar-refractivity contribution in [3.63, 3.8) is 0 Å². The quantitative estimate of drug-likeness (QED) is 0.843. The molecule has 0 unspecified atom stereocenters. The van der Waals surface area contributed by atoms with Gasteiger partial charge in [0, 0.05) is 31.1 Å². The van der Waals surface area contributed by atoms with Gasteiger partial charge in [-0.25, -0.2) is 9.97 Å². The number of anilines is 1. The molecule has 2 aromatic heterocycles. The minimum absolute atomic E-state index is 1.06. The van der Waals surface area contributed by atoms with Crippen molar-refractivity contribution in [3.05, 3.63) is 16.8 Å². The van der Waals surface area contributed by atoms with Crippen LogP contribution in [-0.4, -0.2) is 47.6 Å². The zero-order chi connectivity index (χ0) is 13.4. The molecule has 0 N–H and O–H groups in total. The third-order valence-electron chi connectivity index (χ3n) is 4.06. The van der Waals surface area contributed by atoms with Crippen molar-refractivity contribution in [2.75, 3.05) is 37.6 Å². The van der Waals surface area contributed by atoms with E-state index in [-0.39, 0.29) is 0 Å². The van der Waals surface area contributed by atoms with E-state index in [1.54, 1.807) is 17.7 Å². The SMILES string of the molecule is CCN1CCN(c2ncnc3sc(C)c(C)c23)CC1. The first-order valence-electron chi connectivity index (χ1n) is 6.88. The van der Waals surface area contributed by atoms with E-state index in [0.717, 1.165) is 43.4 Å².